The molecule has 1 aliphatic rings. The van der Waals surface area contributed by atoms with Crippen molar-refractivity contribution in [2.24, 2.45) is 11.7 Å². The van der Waals surface area contributed by atoms with Crippen LogP contribution in [0.15, 0.2) is 24.3 Å². The molecular formula is C14H21F2NO. The number of rotatable bonds is 4. The summed E-state index contributed by atoms with van der Waals surface area (Å²) < 4.78 is 28.5. The summed E-state index contributed by atoms with van der Waals surface area (Å²) in [5, 5.41) is 10.0. The Morgan fingerprint density at radius 2 is 2.00 bits per heavy atom. The highest BCUT2D eigenvalue weighted by atomic mass is 19.3. The normalized spacial score (nSPS) is 18.9. The molecular weight excluding hydrogens is 236 g/mol. The van der Waals surface area contributed by atoms with Crippen LogP contribution < -0.4 is 5.73 Å². The van der Waals surface area contributed by atoms with E-state index in [0.29, 0.717) is 18.4 Å². The average molecular weight is 257 g/mol. The Labute approximate surface area is 107 Å². The Hall–Kier alpha value is -1.00. The Morgan fingerprint density at radius 1 is 1.39 bits per heavy atom. The molecule has 1 atom stereocenters. The minimum atomic E-state index is -3.24. The summed E-state index contributed by atoms with van der Waals surface area (Å²) >= 11 is 0. The lowest BCUT2D eigenvalue weighted by molar-refractivity contribution is -0.189. The molecule has 1 saturated carbocycles. The van der Waals surface area contributed by atoms with Gasteiger partial charge in [0.05, 0.1) is 0 Å². The number of hydrogen-bond donors (Lipinski definition) is 2. The van der Waals surface area contributed by atoms with Crippen LogP contribution in [0.25, 0.3) is 0 Å². The standard InChI is InChI=1S/C13H17F2NO.CH4/c1-12(17,10-5-6-10)13(14,15)11-4-2-3-9(7-11)8-16;/h2-4,7,10,17H,5-6,8,16H2,1H3;1H4. The summed E-state index contributed by atoms with van der Waals surface area (Å²) in [4.78, 5) is 0. The lowest BCUT2D eigenvalue weighted by atomic mass is 9.87. The van der Waals surface area contributed by atoms with E-state index < -0.39 is 11.5 Å². The Bertz CT molecular complexity index is 414. The van der Waals surface area contributed by atoms with Gasteiger partial charge in [0.2, 0.25) is 0 Å². The number of halogens is 2. The van der Waals surface area contributed by atoms with Crippen LogP contribution in [0.1, 0.15) is 38.3 Å². The van der Waals surface area contributed by atoms with E-state index in [0.717, 1.165) is 0 Å². The smallest absolute Gasteiger partial charge is 0.301 e. The molecule has 1 aromatic rings. The summed E-state index contributed by atoms with van der Waals surface area (Å²) in [5.74, 6) is -3.54. The molecule has 1 fully saturated rings. The van der Waals surface area contributed by atoms with Crippen LogP contribution in [-0.2, 0) is 12.5 Å². The molecule has 0 spiro atoms. The van der Waals surface area contributed by atoms with Gasteiger partial charge in [-0.15, -0.1) is 0 Å². The Kier molecular flexibility index (Phi) is 4.13. The predicted molar refractivity (Wildman–Crippen MR) is 68.3 cm³/mol. The summed E-state index contributed by atoms with van der Waals surface area (Å²) in [5.41, 5.74) is 3.96. The maximum Gasteiger partial charge on any atom is 0.301 e. The van der Waals surface area contributed by atoms with Crippen LogP contribution in [-0.4, -0.2) is 10.7 Å². The van der Waals surface area contributed by atoms with Crippen LogP contribution in [0, 0.1) is 5.92 Å². The second kappa shape index (κ2) is 4.94. The zero-order chi connectivity index (χ0) is 12.7. The molecule has 0 heterocycles. The van der Waals surface area contributed by atoms with Gasteiger partial charge in [-0.2, -0.15) is 8.78 Å². The summed E-state index contributed by atoms with van der Waals surface area (Å²) in [7, 11) is 0. The van der Waals surface area contributed by atoms with Crippen molar-refractivity contribution in [3.8, 4) is 0 Å². The van der Waals surface area contributed by atoms with Crippen molar-refractivity contribution in [1.82, 2.24) is 0 Å². The molecule has 0 radical (unpaired) electrons. The monoisotopic (exact) mass is 257 g/mol. The van der Waals surface area contributed by atoms with Gasteiger partial charge in [-0.1, -0.05) is 25.6 Å². The Morgan fingerprint density at radius 3 is 2.50 bits per heavy atom. The zero-order valence-corrected chi connectivity index (χ0v) is 9.79. The van der Waals surface area contributed by atoms with Crippen molar-refractivity contribution in [1.29, 1.82) is 0 Å². The molecule has 0 bridgehead atoms. The quantitative estimate of drug-likeness (QED) is 0.871. The fraction of sp³-hybridized carbons (Fsp3) is 0.571. The second-order valence-corrected chi connectivity index (χ2v) is 4.90. The SMILES string of the molecule is C.CC(O)(C1CC1)C(F)(F)c1cccc(CN)c1. The van der Waals surface area contributed by atoms with Gasteiger partial charge in [0, 0.05) is 12.1 Å². The molecule has 4 heteroatoms. The van der Waals surface area contributed by atoms with Gasteiger partial charge in [-0.3, -0.25) is 0 Å². The predicted octanol–water partition coefficient (Wildman–Crippen LogP) is 3.03. The molecule has 3 N–H and O–H groups in total. The van der Waals surface area contributed by atoms with Gasteiger partial charge in [-0.05, 0) is 37.3 Å². The van der Waals surface area contributed by atoms with Gasteiger partial charge in [0.25, 0.3) is 0 Å². The molecule has 0 amide bonds. The minimum Gasteiger partial charge on any atom is -0.383 e. The second-order valence-electron chi connectivity index (χ2n) is 4.90. The maximum absolute atomic E-state index is 14.3. The van der Waals surface area contributed by atoms with Crippen LogP contribution in [0.5, 0.6) is 0 Å². The van der Waals surface area contributed by atoms with Crippen LogP contribution in [0.3, 0.4) is 0 Å². The number of hydrogen-bond acceptors (Lipinski definition) is 2. The van der Waals surface area contributed by atoms with Crippen LogP contribution in [0.2, 0.25) is 0 Å². The highest BCUT2D eigenvalue weighted by Crippen LogP contribution is 2.51. The van der Waals surface area contributed by atoms with Crippen molar-refractivity contribution < 1.29 is 13.9 Å². The van der Waals surface area contributed by atoms with Crippen LogP contribution >= 0.6 is 0 Å². The summed E-state index contributed by atoms with van der Waals surface area (Å²) in [6.07, 6.45) is 1.33. The van der Waals surface area contributed by atoms with Gasteiger partial charge in [0.15, 0.2) is 0 Å². The third kappa shape index (κ3) is 2.40. The molecule has 102 valence electrons. The fourth-order valence-corrected chi connectivity index (χ4v) is 2.09. The van der Waals surface area contributed by atoms with Crippen LogP contribution in [0.4, 0.5) is 8.78 Å². The van der Waals surface area contributed by atoms with Gasteiger partial charge < -0.3 is 10.8 Å². The third-order valence-corrected chi connectivity index (χ3v) is 3.53. The van der Waals surface area contributed by atoms with E-state index in [1.807, 2.05) is 0 Å². The van der Waals surface area contributed by atoms with E-state index in [-0.39, 0.29) is 25.5 Å². The first-order chi connectivity index (χ1) is 7.89. The minimum absolute atomic E-state index is 0. The number of nitrogens with two attached hydrogens (primary N) is 1. The topological polar surface area (TPSA) is 46.2 Å². The van der Waals surface area contributed by atoms with E-state index >= 15 is 0 Å². The lowest BCUT2D eigenvalue weighted by Gasteiger charge is -2.33. The van der Waals surface area contributed by atoms with Gasteiger partial charge >= 0.3 is 5.92 Å². The number of benzene rings is 1. The summed E-state index contributed by atoms with van der Waals surface area (Å²) in [6, 6.07) is 5.96. The number of aliphatic hydroxyl groups is 1. The lowest BCUT2D eigenvalue weighted by Crippen LogP contribution is -2.45. The van der Waals surface area contributed by atoms with Gasteiger partial charge in [0.1, 0.15) is 5.60 Å². The van der Waals surface area contributed by atoms with E-state index in [9.17, 15) is 13.9 Å². The first-order valence-corrected chi connectivity index (χ1v) is 5.79. The molecule has 0 aromatic heterocycles. The molecule has 1 unspecified atom stereocenters. The molecule has 0 aliphatic heterocycles. The highest BCUT2D eigenvalue weighted by molar-refractivity contribution is 5.29. The van der Waals surface area contributed by atoms with Crippen molar-refractivity contribution in [2.45, 2.75) is 45.3 Å². The largest absolute Gasteiger partial charge is 0.383 e. The highest BCUT2D eigenvalue weighted by Gasteiger charge is 2.58. The van der Waals surface area contributed by atoms with Crippen molar-refractivity contribution in [3.05, 3.63) is 35.4 Å². The maximum atomic E-state index is 14.3. The molecule has 1 aromatic carbocycles. The first kappa shape index (κ1) is 15.1. The molecule has 1 aliphatic carbocycles. The first-order valence-electron chi connectivity index (χ1n) is 5.79. The zero-order valence-electron chi connectivity index (χ0n) is 9.79. The fourth-order valence-electron chi connectivity index (χ4n) is 2.09. The van der Waals surface area contributed by atoms with E-state index in [1.54, 1.807) is 12.1 Å². The molecule has 2 nitrogen and oxygen atoms in total. The van der Waals surface area contributed by atoms with Crippen molar-refractivity contribution in [3.63, 3.8) is 0 Å². The molecule has 18 heavy (non-hydrogen) atoms. The van der Waals surface area contributed by atoms with E-state index in [1.165, 1.54) is 19.1 Å². The summed E-state index contributed by atoms with van der Waals surface area (Å²) in [6.45, 7) is 1.44. The van der Waals surface area contributed by atoms with Gasteiger partial charge in [-0.25, -0.2) is 0 Å². The Balaban J connectivity index is 0.00000162. The average Bonchev–Trinajstić information content (AvgIpc) is 3.13. The number of alkyl halides is 2. The molecule has 0 saturated heterocycles. The third-order valence-electron chi connectivity index (χ3n) is 3.53. The van der Waals surface area contributed by atoms with E-state index in [2.05, 4.69) is 0 Å². The van der Waals surface area contributed by atoms with Crippen molar-refractivity contribution in [2.75, 3.05) is 0 Å². The molecule has 2 rings (SSSR count). The van der Waals surface area contributed by atoms with E-state index in [4.69, 9.17) is 5.73 Å². The van der Waals surface area contributed by atoms with Crippen molar-refractivity contribution >= 4 is 0 Å².